The van der Waals surface area contributed by atoms with E-state index in [-0.39, 0.29) is 5.02 Å². The zero-order valence-electron chi connectivity index (χ0n) is 7.65. The van der Waals surface area contributed by atoms with Gasteiger partial charge in [-0.05, 0) is 18.2 Å². The summed E-state index contributed by atoms with van der Waals surface area (Å²) in [6.07, 6.45) is 1.98. The summed E-state index contributed by atoms with van der Waals surface area (Å²) >= 11 is 5.81. The summed E-state index contributed by atoms with van der Waals surface area (Å²) in [5, 5.41) is 10.1. The Morgan fingerprint density at radius 1 is 1.33 bits per heavy atom. The van der Waals surface area contributed by atoms with Crippen molar-refractivity contribution in [3.05, 3.63) is 58.8 Å². The van der Waals surface area contributed by atoms with Gasteiger partial charge in [0.2, 0.25) is 0 Å². The fraction of sp³-hybridized carbons (Fsp3) is 0.0909. The topological polar surface area (TPSA) is 33.4 Å². The lowest BCUT2D eigenvalue weighted by atomic mass is 10.0. The molecule has 15 heavy (non-hydrogen) atoms. The number of halogens is 2. The van der Waals surface area contributed by atoms with Gasteiger partial charge in [-0.2, -0.15) is 0 Å². The summed E-state index contributed by atoms with van der Waals surface area (Å²) in [5.74, 6) is -0.428. The van der Waals surface area contributed by atoms with Crippen LogP contribution in [0.5, 0.6) is 0 Å². The lowest BCUT2D eigenvalue weighted by Crippen LogP contribution is -1.99. The zero-order valence-corrected chi connectivity index (χ0v) is 8.41. The van der Waals surface area contributed by atoms with Crippen LogP contribution < -0.4 is 0 Å². The molecule has 0 bridgehead atoms. The molecule has 1 N–H and O–H groups in total. The minimum absolute atomic E-state index is 0.198. The standard InChI is InChI=1S/C11H8ClFO2/c12-10-5-8(13)1-2-9(10)11(14)7-3-4-15-6-7/h1-6,11,14H. The Morgan fingerprint density at radius 3 is 2.73 bits per heavy atom. The van der Waals surface area contributed by atoms with Gasteiger partial charge >= 0.3 is 0 Å². The van der Waals surface area contributed by atoms with Crippen LogP contribution in [0.1, 0.15) is 17.2 Å². The molecule has 0 saturated carbocycles. The summed E-state index contributed by atoms with van der Waals surface area (Å²) in [7, 11) is 0. The van der Waals surface area contributed by atoms with Crippen molar-refractivity contribution in [2.75, 3.05) is 0 Å². The van der Waals surface area contributed by atoms with Crippen molar-refractivity contribution in [2.45, 2.75) is 6.10 Å². The first kappa shape index (κ1) is 10.2. The lowest BCUT2D eigenvalue weighted by Gasteiger charge is -2.10. The van der Waals surface area contributed by atoms with E-state index in [0.717, 1.165) is 0 Å². The first-order valence-electron chi connectivity index (χ1n) is 4.33. The van der Waals surface area contributed by atoms with Crippen molar-refractivity contribution in [2.24, 2.45) is 0 Å². The lowest BCUT2D eigenvalue weighted by molar-refractivity contribution is 0.219. The average molecular weight is 227 g/mol. The third kappa shape index (κ3) is 2.03. The third-order valence-electron chi connectivity index (χ3n) is 2.12. The normalized spacial score (nSPS) is 12.7. The van der Waals surface area contributed by atoms with Gasteiger partial charge in [0.05, 0.1) is 12.5 Å². The predicted molar refractivity (Wildman–Crippen MR) is 54.2 cm³/mol. The molecule has 0 radical (unpaired) electrons. The minimum Gasteiger partial charge on any atom is -0.472 e. The molecule has 78 valence electrons. The van der Waals surface area contributed by atoms with E-state index < -0.39 is 11.9 Å². The molecule has 1 atom stereocenters. The molecular formula is C11H8ClFO2. The highest BCUT2D eigenvalue weighted by Gasteiger charge is 2.15. The van der Waals surface area contributed by atoms with Crippen molar-refractivity contribution >= 4 is 11.6 Å². The number of aliphatic hydroxyl groups excluding tert-OH is 1. The van der Waals surface area contributed by atoms with E-state index in [1.54, 1.807) is 6.07 Å². The first-order valence-corrected chi connectivity index (χ1v) is 4.71. The van der Waals surface area contributed by atoms with E-state index in [4.69, 9.17) is 16.0 Å². The smallest absolute Gasteiger partial charge is 0.124 e. The number of furan rings is 1. The molecule has 1 heterocycles. The molecule has 0 saturated heterocycles. The van der Waals surface area contributed by atoms with Gasteiger partial charge < -0.3 is 9.52 Å². The molecule has 0 amide bonds. The van der Waals surface area contributed by atoms with Crippen molar-refractivity contribution in [1.82, 2.24) is 0 Å². The molecule has 1 aromatic heterocycles. The monoisotopic (exact) mass is 226 g/mol. The third-order valence-corrected chi connectivity index (χ3v) is 2.44. The Bertz CT molecular complexity index is 454. The SMILES string of the molecule is OC(c1ccoc1)c1ccc(F)cc1Cl. The molecular weight excluding hydrogens is 219 g/mol. The number of benzene rings is 1. The molecule has 2 rings (SSSR count). The number of hydrogen-bond donors (Lipinski definition) is 1. The fourth-order valence-corrected chi connectivity index (χ4v) is 1.60. The number of rotatable bonds is 2. The maximum absolute atomic E-state index is 12.8. The van der Waals surface area contributed by atoms with E-state index in [9.17, 15) is 9.50 Å². The molecule has 1 aromatic carbocycles. The molecule has 2 nitrogen and oxygen atoms in total. The van der Waals surface area contributed by atoms with E-state index in [1.807, 2.05) is 0 Å². The van der Waals surface area contributed by atoms with Crippen LogP contribution in [0.25, 0.3) is 0 Å². The summed E-state index contributed by atoms with van der Waals surface area (Å²) in [4.78, 5) is 0. The van der Waals surface area contributed by atoms with E-state index in [0.29, 0.717) is 11.1 Å². The average Bonchev–Trinajstić information content (AvgIpc) is 2.69. The molecule has 0 aliphatic heterocycles. The van der Waals surface area contributed by atoms with Gasteiger partial charge in [0.15, 0.2) is 0 Å². The van der Waals surface area contributed by atoms with Gasteiger partial charge in [0.1, 0.15) is 11.9 Å². The maximum Gasteiger partial charge on any atom is 0.124 e. The quantitative estimate of drug-likeness (QED) is 0.853. The van der Waals surface area contributed by atoms with Crippen molar-refractivity contribution < 1.29 is 13.9 Å². The van der Waals surface area contributed by atoms with Gasteiger partial charge in [-0.25, -0.2) is 4.39 Å². The van der Waals surface area contributed by atoms with Crippen molar-refractivity contribution in [3.63, 3.8) is 0 Å². The Morgan fingerprint density at radius 2 is 2.13 bits per heavy atom. The fourth-order valence-electron chi connectivity index (χ4n) is 1.33. The Labute approximate surface area is 90.9 Å². The summed E-state index contributed by atoms with van der Waals surface area (Å²) in [6, 6.07) is 5.50. The summed E-state index contributed by atoms with van der Waals surface area (Å²) in [5.41, 5.74) is 1.04. The van der Waals surface area contributed by atoms with Crippen LogP contribution in [0, 0.1) is 5.82 Å². The van der Waals surface area contributed by atoms with E-state index in [2.05, 4.69) is 0 Å². The molecule has 4 heteroatoms. The van der Waals surface area contributed by atoms with Crippen molar-refractivity contribution in [3.8, 4) is 0 Å². The molecule has 0 aliphatic rings. The van der Waals surface area contributed by atoms with Crippen LogP contribution >= 0.6 is 11.6 Å². The molecule has 1 unspecified atom stereocenters. The van der Waals surface area contributed by atoms with Crippen molar-refractivity contribution in [1.29, 1.82) is 0 Å². The van der Waals surface area contributed by atoms with Crippen LogP contribution in [0.2, 0.25) is 5.02 Å². The number of aliphatic hydroxyl groups is 1. The molecule has 0 spiro atoms. The van der Waals surface area contributed by atoms with Gasteiger partial charge in [0.25, 0.3) is 0 Å². The molecule has 0 aliphatic carbocycles. The second kappa shape index (κ2) is 4.04. The molecule has 0 fully saturated rings. The van der Waals surface area contributed by atoms with Crippen LogP contribution in [-0.2, 0) is 0 Å². The van der Waals surface area contributed by atoms with Crippen LogP contribution in [-0.4, -0.2) is 5.11 Å². The second-order valence-corrected chi connectivity index (χ2v) is 3.53. The largest absolute Gasteiger partial charge is 0.472 e. The van der Waals surface area contributed by atoms with Crippen LogP contribution in [0.4, 0.5) is 4.39 Å². The Kier molecular flexibility index (Phi) is 2.75. The zero-order chi connectivity index (χ0) is 10.8. The highest BCUT2D eigenvalue weighted by Crippen LogP contribution is 2.28. The summed E-state index contributed by atoms with van der Waals surface area (Å²) in [6.45, 7) is 0. The highest BCUT2D eigenvalue weighted by molar-refractivity contribution is 6.31. The van der Waals surface area contributed by atoms with Crippen LogP contribution in [0.15, 0.2) is 41.2 Å². The van der Waals surface area contributed by atoms with Crippen LogP contribution in [0.3, 0.4) is 0 Å². The van der Waals surface area contributed by atoms with Gasteiger partial charge in [-0.3, -0.25) is 0 Å². The van der Waals surface area contributed by atoms with E-state index >= 15 is 0 Å². The van der Waals surface area contributed by atoms with E-state index in [1.165, 1.54) is 30.7 Å². The summed E-state index contributed by atoms with van der Waals surface area (Å²) < 4.78 is 17.6. The minimum atomic E-state index is -0.892. The van der Waals surface area contributed by atoms with Gasteiger partial charge in [-0.15, -0.1) is 0 Å². The van der Waals surface area contributed by atoms with Gasteiger partial charge in [0, 0.05) is 16.1 Å². The maximum atomic E-state index is 12.8. The Balaban J connectivity index is 2.38. The van der Waals surface area contributed by atoms with Gasteiger partial charge in [-0.1, -0.05) is 17.7 Å². The number of hydrogen-bond acceptors (Lipinski definition) is 2. The second-order valence-electron chi connectivity index (χ2n) is 3.13. The predicted octanol–water partition coefficient (Wildman–Crippen LogP) is 3.15. The highest BCUT2D eigenvalue weighted by atomic mass is 35.5. The first-order chi connectivity index (χ1) is 7.18. The molecule has 2 aromatic rings. The Hall–Kier alpha value is -1.32.